The van der Waals surface area contributed by atoms with Crippen molar-refractivity contribution in [2.24, 2.45) is 0 Å². The molecule has 3 rings (SSSR count). The van der Waals surface area contributed by atoms with Crippen LogP contribution in [0.25, 0.3) is 0 Å². The lowest BCUT2D eigenvalue weighted by Crippen LogP contribution is -2.48. The van der Waals surface area contributed by atoms with Crippen molar-refractivity contribution >= 4 is 27.3 Å². The van der Waals surface area contributed by atoms with Crippen molar-refractivity contribution in [2.75, 3.05) is 38.2 Å². The molecule has 0 amide bonds. The van der Waals surface area contributed by atoms with Crippen LogP contribution < -0.4 is 9.64 Å². The molecule has 0 saturated carbocycles. The van der Waals surface area contributed by atoms with Crippen molar-refractivity contribution in [3.8, 4) is 5.75 Å². The highest BCUT2D eigenvalue weighted by atomic mass is 35.5. The number of piperazine rings is 1. The quantitative estimate of drug-likeness (QED) is 0.796. The van der Waals surface area contributed by atoms with E-state index in [0.29, 0.717) is 37.0 Å². The third kappa shape index (κ3) is 3.68. The second-order valence-corrected chi connectivity index (χ2v) is 8.80. The van der Waals surface area contributed by atoms with Crippen LogP contribution in [0.3, 0.4) is 0 Å². The lowest BCUT2D eigenvalue weighted by Gasteiger charge is -2.35. The molecule has 5 nitrogen and oxygen atoms in total. The van der Waals surface area contributed by atoms with Crippen LogP contribution in [-0.4, -0.2) is 46.0 Å². The Morgan fingerprint density at radius 1 is 0.962 bits per heavy atom. The summed E-state index contributed by atoms with van der Waals surface area (Å²) in [5, 5.41) is 0.294. The topological polar surface area (TPSA) is 49.9 Å². The van der Waals surface area contributed by atoms with Gasteiger partial charge in [0.2, 0.25) is 10.0 Å². The maximum Gasteiger partial charge on any atom is 0.243 e. The van der Waals surface area contributed by atoms with E-state index in [9.17, 15) is 8.42 Å². The van der Waals surface area contributed by atoms with Crippen LogP contribution in [0.5, 0.6) is 5.75 Å². The number of anilines is 1. The Bertz CT molecular complexity index is 907. The first-order chi connectivity index (χ1) is 12.3. The Balaban J connectivity index is 1.74. The van der Waals surface area contributed by atoms with Gasteiger partial charge in [-0.1, -0.05) is 17.7 Å². The largest absolute Gasteiger partial charge is 0.495 e. The Morgan fingerprint density at radius 2 is 1.65 bits per heavy atom. The molecule has 1 aliphatic rings. The summed E-state index contributed by atoms with van der Waals surface area (Å²) in [6.07, 6.45) is 0. The first-order valence-corrected chi connectivity index (χ1v) is 10.3. The average Bonchev–Trinajstić information content (AvgIpc) is 2.64. The first kappa shape index (κ1) is 19.0. The van der Waals surface area contributed by atoms with Crippen LogP contribution in [0.1, 0.15) is 11.1 Å². The van der Waals surface area contributed by atoms with Gasteiger partial charge in [-0.25, -0.2) is 8.42 Å². The zero-order chi connectivity index (χ0) is 18.9. The zero-order valence-corrected chi connectivity index (χ0v) is 16.8. The van der Waals surface area contributed by atoms with E-state index in [1.165, 1.54) is 34.7 Å². The van der Waals surface area contributed by atoms with Crippen LogP contribution in [0.4, 0.5) is 5.69 Å². The van der Waals surface area contributed by atoms with Crippen molar-refractivity contribution in [2.45, 2.75) is 18.7 Å². The summed E-state index contributed by atoms with van der Waals surface area (Å²) in [4.78, 5) is 2.42. The molecule has 7 heteroatoms. The highest BCUT2D eigenvalue weighted by molar-refractivity contribution is 7.89. The summed E-state index contributed by atoms with van der Waals surface area (Å²) in [7, 11) is -2.06. The molecule has 1 fully saturated rings. The number of nitrogens with zero attached hydrogens (tertiary/aromatic N) is 2. The van der Waals surface area contributed by atoms with Gasteiger partial charge in [0, 0.05) is 31.9 Å². The molecule has 1 saturated heterocycles. The molecular formula is C19H23ClN2O3S. The van der Waals surface area contributed by atoms with Crippen molar-refractivity contribution in [3.05, 3.63) is 52.5 Å². The van der Waals surface area contributed by atoms with Crippen molar-refractivity contribution in [3.63, 3.8) is 0 Å². The number of sulfonamides is 1. The molecule has 0 radical (unpaired) electrons. The van der Waals surface area contributed by atoms with E-state index >= 15 is 0 Å². The summed E-state index contributed by atoms with van der Waals surface area (Å²) in [6.45, 7) is 6.38. The van der Waals surface area contributed by atoms with Crippen LogP contribution >= 0.6 is 11.6 Å². The molecule has 0 spiro atoms. The smallest absolute Gasteiger partial charge is 0.243 e. The Kier molecular flexibility index (Phi) is 5.46. The fraction of sp³-hybridized carbons (Fsp3) is 0.368. The number of halogens is 1. The fourth-order valence-corrected chi connectivity index (χ4v) is 4.84. The molecule has 0 bridgehead atoms. The molecule has 26 heavy (non-hydrogen) atoms. The van der Waals surface area contributed by atoms with Crippen LogP contribution in [0, 0.1) is 13.8 Å². The van der Waals surface area contributed by atoms with Crippen molar-refractivity contribution in [1.29, 1.82) is 0 Å². The number of methoxy groups -OCH3 is 1. The summed E-state index contributed by atoms with van der Waals surface area (Å²) < 4.78 is 32.4. The van der Waals surface area contributed by atoms with E-state index in [0.717, 1.165) is 5.69 Å². The molecule has 0 unspecified atom stereocenters. The molecule has 0 atom stereocenters. The van der Waals surface area contributed by atoms with Crippen LogP contribution in [0.15, 0.2) is 41.3 Å². The van der Waals surface area contributed by atoms with E-state index in [4.69, 9.17) is 16.3 Å². The van der Waals surface area contributed by atoms with Gasteiger partial charge in [-0.2, -0.15) is 4.31 Å². The Morgan fingerprint density at radius 3 is 2.23 bits per heavy atom. The predicted molar refractivity (Wildman–Crippen MR) is 105 cm³/mol. The number of hydrogen-bond acceptors (Lipinski definition) is 4. The van der Waals surface area contributed by atoms with Crippen LogP contribution in [0.2, 0.25) is 5.02 Å². The highest BCUT2D eigenvalue weighted by Crippen LogP contribution is 2.29. The molecular weight excluding hydrogens is 372 g/mol. The second-order valence-electron chi connectivity index (χ2n) is 6.46. The third-order valence-corrected chi connectivity index (χ3v) is 7.05. The van der Waals surface area contributed by atoms with Gasteiger partial charge in [0.15, 0.2) is 0 Å². The van der Waals surface area contributed by atoms with Gasteiger partial charge in [-0.05, 0) is 55.3 Å². The van der Waals surface area contributed by atoms with Gasteiger partial charge in [0.1, 0.15) is 5.75 Å². The number of hydrogen-bond donors (Lipinski definition) is 0. The molecule has 2 aromatic carbocycles. The van der Waals surface area contributed by atoms with Gasteiger partial charge in [-0.3, -0.25) is 0 Å². The monoisotopic (exact) mass is 394 g/mol. The van der Waals surface area contributed by atoms with E-state index in [1.807, 2.05) is 0 Å². The molecule has 2 aromatic rings. The summed E-state index contributed by atoms with van der Waals surface area (Å²) in [6, 6.07) is 10.9. The van der Waals surface area contributed by atoms with Gasteiger partial charge < -0.3 is 9.64 Å². The minimum atomic E-state index is -3.56. The third-order valence-electron chi connectivity index (χ3n) is 4.86. The van der Waals surface area contributed by atoms with E-state index in [-0.39, 0.29) is 4.90 Å². The van der Waals surface area contributed by atoms with Crippen LogP contribution in [-0.2, 0) is 10.0 Å². The highest BCUT2D eigenvalue weighted by Gasteiger charge is 2.29. The summed E-state index contributed by atoms with van der Waals surface area (Å²) in [5.41, 5.74) is 3.63. The van der Waals surface area contributed by atoms with Gasteiger partial charge >= 0.3 is 0 Å². The Hall–Kier alpha value is -1.76. The minimum Gasteiger partial charge on any atom is -0.495 e. The molecule has 0 N–H and O–H groups in total. The van der Waals surface area contributed by atoms with Gasteiger partial charge in [-0.15, -0.1) is 0 Å². The normalized spacial score (nSPS) is 15.9. The summed E-state index contributed by atoms with van der Waals surface area (Å²) >= 11 is 6.09. The lowest BCUT2D eigenvalue weighted by molar-refractivity contribution is 0.384. The van der Waals surface area contributed by atoms with E-state index in [2.05, 4.69) is 36.9 Å². The number of rotatable bonds is 4. The zero-order valence-electron chi connectivity index (χ0n) is 15.2. The summed E-state index contributed by atoms with van der Waals surface area (Å²) in [5.74, 6) is 0.463. The second kappa shape index (κ2) is 7.47. The maximum absolute atomic E-state index is 12.9. The van der Waals surface area contributed by atoms with E-state index < -0.39 is 10.0 Å². The lowest BCUT2D eigenvalue weighted by atomic mass is 10.1. The average molecular weight is 395 g/mol. The predicted octanol–water partition coefficient (Wildman–Crippen LogP) is 3.48. The number of benzene rings is 2. The maximum atomic E-state index is 12.9. The number of ether oxygens (including phenoxy) is 1. The molecule has 0 aromatic heterocycles. The molecule has 1 aliphatic heterocycles. The van der Waals surface area contributed by atoms with Crippen molar-refractivity contribution in [1.82, 2.24) is 4.31 Å². The number of aryl methyl sites for hydroxylation is 2. The molecule has 1 heterocycles. The Labute approximate surface area is 160 Å². The molecule has 0 aliphatic carbocycles. The standard InChI is InChI=1S/C19H23ClN2O3S/c1-14-4-5-16(12-15(14)2)21-8-10-22(11-9-21)26(23,24)17-6-7-19(25-3)18(20)13-17/h4-7,12-13H,8-11H2,1-3H3. The minimum absolute atomic E-state index is 0.197. The fourth-order valence-electron chi connectivity index (χ4n) is 3.07. The van der Waals surface area contributed by atoms with E-state index in [1.54, 1.807) is 6.07 Å². The SMILES string of the molecule is COc1ccc(S(=O)(=O)N2CCN(c3ccc(C)c(C)c3)CC2)cc1Cl. The van der Waals surface area contributed by atoms with Gasteiger partial charge in [0.05, 0.1) is 17.0 Å². The van der Waals surface area contributed by atoms with Crippen molar-refractivity contribution < 1.29 is 13.2 Å². The van der Waals surface area contributed by atoms with Gasteiger partial charge in [0.25, 0.3) is 0 Å². The molecule has 140 valence electrons. The first-order valence-electron chi connectivity index (χ1n) is 8.49.